The van der Waals surface area contributed by atoms with Crippen molar-refractivity contribution in [1.29, 1.82) is 0 Å². The van der Waals surface area contributed by atoms with Crippen molar-refractivity contribution in [3.8, 4) is 5.75 Å². The van der Waals surface area contributed by atoms with Gasteiger partial charge in [0.15, 0.2) is 0 Å². The first kappa shape index (κ1) is 14.8. The van der Waals surface area contributed by atoms with Crippen molar-refractivity contribution >= 4 is 5.95 Å². The monoisotopic (exact) mass is 298 g/mol. The molecule has 2 heterocycles. The maximum atomic E-state index is 9.42. The van der Waals surface area contributed by atoms with Crippen LogP contribution < -0.4 is 10.2 Å². The van der Waals surface area contributed by atoms with Gasteiger partial charge in [0.25, 0.3) is 0 Å². The zero-order valence-electron chi connectivity index (χ0n) is 13.1. The zero-order valence-corrected chi connectivity index (χ0v) is 13.1. The highest BCUT2D eigenvalue weighted by Crippen LogP contribution is 2.22. The second-order valence-corrected chi connectivity index (χ2v) is 5.70. The van der Waals surface area contributed by atoms with Crippen LogP contribution in [0.3, 0.4) is 0 Å². The van der Waals surface area contributed by atoms with Crippen LogP contribution in [-0.2, 0) is 6.42 Å². The predicted molar refractivity (Wildman–Crippen MR) is 87.2 cm³/mol. The molecule has 1 aromatic carbocycles. The van der Waals surface area contributed by atoms with Crippen LogP contribution in [-0.4, -0.2) is 34.7 Å². The van der Waals surface area contributed by atoms with Crippen LogP contribution in [0.15, 0.2) is 30.3 Å². The van der Waals surface area contributed by atoms with Gasteiger partial charge in [-0.2, -0.15) is 0 Å². The number of aryl methyl sites for hydroxylation is 2. The quantitative estimate of drug-likeness (QED) is 0.909. The summed E-state index contributed by atoms with van der Waals surface area (Å²) in [5.74, 6) is 1.12. The number of hydrogen-bond donors (Lipinski definition) is 2. The number of nitrogens with zero attached hydrogens (tertiary/aromatic N) is 3. The van der Waals surface area contributed by atoms with Gasteiger partial charge >= 0.3 is 0 Å². The fourth-order valence-electron chi connectivity index (χ4n) is 2.80. The largest absolute Gasteiger partial charge is 0.508 e. The number of rotatable bonds is 3. The van der Waals surface area contributed by atoms with E-state index in [0.29, 0.717) is 5.75 Å². The molecule has 0 bridgehead atoms. The van der Waals surface area contributed by atoms with E-state index < -0.39 is 0 Å². The SMILES string of the molecule is CCc1cc(C)nc(N2CCNC(c3ccc(O)cc3)C2)n1. The van der Waals surface area contributed by atoms with Gasteiger partial charge < -0.3 is 15.3 Å². The highest BCUT2D eigenvalue weighted by atomic mass is 16.3. The first-order chi connectivity index (χ1) is 10.7. The molecule has 1 aromatic heterocycles. The van der Waals surface area contributed by atoms with E-state index in [1.165, 1.54) is 5.56 Å². The Kier molecular flexibility index (Phi) is 4.24. The first-order valence-electron chi connectivity index (χ1n) is 7.77. The summed E-state index contributed by atoms with van der Waals surface area (Å²) in [4.78, 5) is 11.5. The number of aromatic hydroxyl groups is 1. The molecule has 0 saturated carbocycles. The lowest BCUT2D eigenvalue weighted by Crippen LogP contribution is -2.46. The Morgan fingerprint density at radius 1 is 1.27 bits per heavy atom. The van der Waals surface area contributed by atoms with Gasteiger partial charge in [-0.05, 0) is 37.1 Å². The molecule has 2 N–H and O–H groups in total. The summed E-state index contributed by atoms with van der Waals surface area (Å²) in [5, 5.41) is 12.9. The summed E-state index contributed by atoms with van der Waals surface area (Å²) in [5.41, 5.74) is 3.27. The molecule has 1 aliphatic heterocycles. The van der Waals surface area contributed by atoms with Crippen molar-refractivity contribution in [3.05, 3.63) is 47.3 Å². The molecule has 0 aliphatic carbocycles. The number of anilines is 1. The molecular weight excluding hydrogens is 276 g/mol. The number of phenols is 1. The molecule has 5 nitrogen and oxygen atoms in total. The Balaban J connectivity index is 1.81. The fourth-order valence-corrected chi connectivity index (χ4v) is 2.80. The highest BCUT2D eigenvalue weighted by Gasteiger charge is 2.22. The molecule has 0 spiro atoms. The van der Waals surface area contributed by atoms with Gasteiger partial charge in [-0.1, -0.05) is 19.1 Å². The smallest absolute Gasteiger partial charge is 0.225 e. The van der Waals surface area contributed by atoms with Crippen molar-refractivity contribution in [2.75, 3.05) is 24.5 Å². The zero-order chi connectivity index (χ0) is 15.5. The molecule has 1 fully saturated rings. The normalized spacial score (nSPS) is 18.5. The molecule has 5 heteroatoms. The topological polar surface area (TPSA) is 61.3 Å². The molecule has 22 heavy (non-hydrogen) atoms. The van der Waals surface area contributed by atoms with Gasteiger partial charge in [0.05, 0.1) is 0 Å². The summed E-state index contributed by atoms with van der Waals surface area (Å²) in [7, 11) is 0. The van der Waals surface area contributed by atoms with Crippen molar-refractivity contribution in [1.82, 2.24) is 15.3 Å². The Bertz CT molecular complexity index is 642. The highest BCUT2D eigenvalue weighted by molar-refractivity contribution is 5.36. The molecule has 3 rings (SSSR count). The number of aromatic nitrogens is 2. The van der Waals surface area contributed by atoms with Crippen LogP contribution in [0.1, 0.15) is 29.9 Å². The van der Waals surface area contributed by atoms with Crippen LogP contribution in [0.2, 0.25) is 0 Å². The first-order valence-corrected chi connectivity index (χ1v) is 7.77. The fraction of sp³-hybridized carbons (Fsp3) is 0.412. The number of benzene rings is 1. The Hall–Kier alpha value is -2.14. The second kappa shape index (κ2) is 6.32. The van der Waals surface area contributed by atoms with Crippen molar-refractivity contribution in [3.63, 3.8) is 0 Å². The lowest BCUT2D eigenvalue weighted by Gasteiger charge is -2.34. The van der Waals surface area contributed by atoms with Crippen molar-refractivity contribution in [2.24, 2.45) is 0 Å². The number of phenolic OH excluding ortho intramolecular Hbond substituents is 1. The van der Waals surface area contributed by atoms with Crippen LogP contribution in [0.5, 0.6) is 5.75 Å². The molecule has 1 saturated heterocycles. The molecule has 116 valence electrons. The summed E-state index contributed by atoms with van der Waals surface area (Å²) in [6, 6.07) is 9.66. The van der Waals surface area contributed by atoms with Gasteiger partial charge in [-0.3, -0.25) is 0 Å². The maximum Gasteiger partial charge on any atom is 0.225 e. The Labute approximate surface area is 131 Å². The third kappa shape index (κ3) is 3.20. The third-order valence-electron chi connectivity index (χ3n) is 4.01. The van der Waals surface area contributed by atoms with Crippen LogP contribution in [0, 0.1) is 6.92 Å². The third-order valence-corrected chi connectivity index (χ3v) is 4.01. The van der Waals surface area contributed by atoms with E-state index in [1.807, 2.05) is 25.1 Å². The van der Waals surface area contributed by atoms with Crippen LogP contribution in [0.25, 0.3) is 0 Å². The molecule has 0 amide bonds. The lowest BCUT2D eigenvalue weighted by molar-refractivity contribution is 0.461. The van der Waals surface area contributed by atoms with Gasteiger partial charge in [0.1, 0.15) is 5.75 Å². The molecular formula is C17H22N4O. The maximum absolute atomic E-state index is 9.42. The Morgan fingerprint density at radius 2 is 2.05 bits per heavy atom. The minimum atomic E-state index is 0.225. The van der Waals surface area contributed by atoms with E-state index >= 15 is 0 Å². The van der Waals surface area contributed by atoms with E-state index in [0.717, 1.165) is 43.4 Å². The summed E-state index contributed by atoms with van der Waals surface area (Å²) in [6.07, 6.45) is 0.920. The standard InChI is InChI=1S/C17H22N4O/c1-3-14-10-12(2)19-17(20-14)21-9-8-18-16(11-21)13-4-6-15(22)7-5-13/h4-7,10,16,18,22H,3,8-9,11H2,1-2H3. The van der Waals surface area contributed by atoms with Crippen LogP contribution in [0.4, 0.5) is 5.95 Å². The molecule has 2 aromatic rings. The summed E-state index contributed by atoms with van der Waals surface area (Å²) in [6.45, 7) is 6.76. The average molecular weight is 298 g/mol. The van der Waals surface area contributed by atoms with Crippen molar-refractivity contribution < 1.29 is 5.11 Å². The van der Waals surface area contributed by atoms with Gasteiger partial charge in [-0.25, -0.2) is 9.97 Å². The van der Waals surface area contributed by atoms with Crippen molar-refractivity contribution in [2.45, 2.75) is 26.3 Å². The van der Waals surface area contributed by atoms with E-state index in [-0.39, 0.29) is 6.04 Å². The predicted octanol–water partition coefficient (Wildman–Crippen LogP) is 2.20. The number of hydrogen-bond acceptors (Lipinski definition) is 5. The van der Waals surface area contributed by atoms with Gasteiger partial charge in [0.2, 0.25) is 5.95 Å². The molecule has 1 unspecified atom stereocenters. The molecule has 1 aliphatic rings. The van der Waals surface area contributed by atoms with Gasteiger partial charge in [0, 0.05) is 37.1 Å². The van der Waals surface area contributed by atoms with Gasteiger partial charge in [-0.15, -0.1) is 0 Å². The average Bonchev–Trinajstić information content (AvgIpc) is 2.55. The minimum Gasteiger partial charge on any atom is -0.508 e. The van der Waals surface area contributed by atoms with E-state index in [4.69, 9.17) is 0 Å². The molecule has 0 radical (unpaired) electrons. The Morgan fingerprint density at radius 3 is 2.77 bits per heavy atom. The number of nitrogens with one attached hydrogen (secondary N) is 1. The van der Waals surface area contributed by atoms with E-state index in [2.05, 4.69) is 27.1 Å². The number of piperazine rings is 1. The molecule has 1 atom stereocenters. The minimum absolute atomic E-state index is 0.225. The van der Waals surface area contributed by atoms with E-state index in [9.17, 15) is 5.11 Å². The summed E-state index contributed by atoms with van der Waals surface area (Å²) >= 11 is 0. The lowest BCUT2D eigenvalue weighted by atomic mass is 10.0. The van der Waals surface area contributed by atoms with Crippen LogP contribution >= 0.6 is 0 Å². The van der Waals surface area contributed by atoms with E-state index in [1.54, 1.807) is 12.1 Å². The second-order valence-electron chi connectivity index (χ2n) is 5.70. The summed E-state index contributed by atoms with van der Waals surface area (Å²) < 4.78 is 0.